The molecular formula is C23H27Cl2NO6. The van der Waals surface area contributed by atoms with Gasteiger partial charge in [-0.1, -0.05) is 23.2 Å². The molecule has 1 amide bonds. The van der Waals surface area contributed by atoms with Crippen LogP contribution in [0.4, 0.5) is 0 Å². The van der Waals surface area contributed by atoms with Crippen molar-refractivity contribution in [3.63, 3.8) is 0 Å². The van der Waals surface area contributed by atoms with Crippen LogP contribution in [0.2, 0.25) is 10.0 Å². The number of carbonyl (C=O) groups is 1. The number of nitrogens with zero attached hydrogens (tertiary/aromatic N) is 1. The van der Waals surface area contributed by atoms with E-state index in [4.69, 9.17) is 46.9 Å². The van der Waals surface area contributed by atoms with E-state index in [1.807, 2.05) is 12.1 Å². The van der Waals surface area contributed by atoms with E-state index in [1.54, 1.807) is 44.4 Å². The third-order valence-corrected chi connectivity index (χ3v) is 5.67. The van der Waals surface area contributed by atoms with Gasteiger partial charge in [0.25, 0.3) is 5.91 Å². The van der Waals surface area contributed by atoms with E-state index in [2.05, 4.69) is 0 Å². The average Bonchev–Trinajstić information content (AvgIpc) is 3.30. The van der Waals surface area contributed by atoms with Gasteiger partial charge >= 0.3 is 0 Å². The molecule has 1 saturated heterocycles. The third kappa shape index (κ3) is 6.12. The van der Waals surface area contributed by atoms with Crippen molar-refractivity contribution < 1.29 is 28.5 Å². The van der Waals surface area contributed by atoms with E-state index in [0.29, 0.717) is 52.7 Å². The Hall–Kier alpha value is -2.35. The highest BCUT2D eigenvalue weighted by atomic mass is 35.5. The molecule has 0 N–H and O–H groups in total. The lowest BCUT2D eigenvalue weighted by atomic mass is 10.1. The second kappa shape index (κ2) is 11.5. The fraction of sp³-hybridized carbons (Fsp3) is 0.435. The Morgan fingerprint density at radius 1 is 1.06 bits per heavy atom. The van der Waals surface area contributed by atoms with Gasteiger partial charge in [0.15, 0.2) is 18.1 Å². The number of ether oxygens (including phenoxy) is 5. The topological polar surface area (TPSA) is 66.5 Å². The molecule has 32 heavy (non-hydrogen) atoms. The van der Waals surface area contributed by atoms with Gasteiger partial charge in [0.2, 0.25) is 5.75 Å². The van der Waals surface area contributed by atoms with Crippen molar-refractivity contribution in [3.05, 3.63) is 45.9 Å². The van der Waals surface area contributed by atoms with E-state index in [-0.39, 0.29) is 18.6 Å². The second-order valence-electron chi connectivity index (χ2n) is 7.31. The molecule has 0 unspecified atom stereocenters. The summed E-state index contributed by atoms with van der Waals surface area (Å²) >= 11 is 12.1. The molecule has 3 rings (SSSR count). The first-order chi connectivity index (χ1) is 15.4. The largest absolute Gasteiger partial charge is 0.493 e. The normalized spacial score (nSPS) is 15.3. The molecule has 0 saturated carbocycles. The summed E-state index contributed by atoms with van der Waals surface area (Å²) in [4.78, 5) is 14.8. The molecule has 1 heterocycles. The molecule has 1 aliphatic rings. The zero-order chi connectivity index (χ0) is 23.1. The third-order valence-electron chi connectivity index (χ3n) is 5.14. The molecule has 0 aromatic heterocycles. The fourth-order valence-electron chi connectivity index (χ4n) is 3.56. The van der Waals surface area contributed by atoms with Crippen molar-refractivity contribution in [1.29, 1.82) is 0 Å². The molecule has 9 heteroatoms. The zero-order valence-electron chi connectivity index (χ0n) is 18.4. The van der Waals surface area contributed by atoms with Crippen molar-refractivity contribution in [2.24, 2.45) is 0 Å². The minimum absolute atomic E-state index is 0.0138. The molecule has 174 valence electrons. The lowest BCUT2D eigenvalue weighted by Gasteiger charge is -2.26. The maximum Gasteiger partial charge on any atom is 0.260 e. The van der Waals surface area contributed by atoms with E-state index in [1.165, 1.54) is 0 Å². The first-order valence-corrected chi connectivity index (χ1v) is 11.0. The monoisotopic (exact) mass is 483 g/mol. The van der Waals surface area contributed by atoms with Crippen LogP contribution >= 0.6 is 23.2 Å². The summed E-state index contributed by atoms with van der Waals surface area (Å²) in [5, 5.41) is 0.844. The second-order valence-corrected chi connectivity index (χ2v) is 8.15. The van der Waals surface area contributed by atoms with Crippen LogP contribution in [-0.2, 0) is 16.1 Å². The van der Waals surface area contributed by atoms with Crippen LogP contribution in [0.5, 0.6) is 23.0 Å². The summed E-state index contributed by atoms with van der Waals surface area (Å²) in [5.41, 5.74) is 0.829. The standard InChI is InChI=1S/C23H27Cl2NO6/c1-28-20-9-15(10-21(29-2)23(20)30-3)12-26(13-17-5-4-8-31-17)22(27)14-32-19-7-6-16(24)11-18(19)25/h6-7,9-11,17H,4-5,8,12-14H2,1-3H3/t17-/m0/s1. The van der Waals surface area contributed by atoms with Crippen LogP contribution in [0.3, 0.4) is 0 Å². The highest BCUT2D eigenvalue weighted by Gasteiger charge is 2.24. The van der Waals surface area contributed by atoms with Gasteiger partial charge in [-0.3, -0.25) is 4.79 Å². The number of hydrogen-bond acceptors (Lipinski definition) is 6. The Balaban J connectivity index is 1.78. The van der Waals surface area contributed by atoms with Crippen molar-refractivity contribution >= 4 is 29.1 Å². The van der Waals surface area contributed by atoms with Crippen molar-refractivity contribution in [2.75, 3.05) is 41.1 Å². The molecule has 2 aromatic rings. The van der Waals surface area contributed by atoms with Gasteiger partial charge in [0.05, 0.1) is 32.5 Å². The highest BCUT2D eigenvalue weighted by Crippen LogP contribution is 2.38. The molecule has 1 atom stereocenters. The fourth-order valence-corrected chi connectivity index (χ4v) is 4.02. The summed E-state index contributed by atoms with van der Waals surface area (Å²) in [6, 6.07) is 8.53. The van der Waals surface area contributed by atoms with Crippen LogP contribution in [0.15, 0.2) is 30.3 Å². The van der Waals surface area contributed by atoms with E-state index in [9.17, 15) is 4.79 Å². The van der Waals surface area contributed by atoms with E-state index < -0.39 is 0 Å². The van der Waals surface area contributed by atoms with Crippen LogP contribution < -0.4 is 18.9 Å². The smallest absolute Gasteiger partial charge is 0.260 e. The van der Waals surface area contributed by atoms with Gasteiger partial charge in [0, 0.05) is 24.7 Å². The van der Waals surface area contributed by atoms with Crippen LogP contribution in [0.1, 0.15) is 18.4 Å². The average molecular weight is 484 g/mol. The molecule has 2 aromatic carbocycles. The first kappa shape index (κ1) is 24.3. The van der Waals surface area contributed by atoms with Crippen LogP contribution in [0.25, 0.3) is 0 Å². The zero-order valence-corrected chi connectivity index (χ0v) is 19.9. The van der Waals surface area contributed by atoms with Gasteiger partial charge in [-0.2, -0.15) is 0 Å². The molecular weight excluding hydrogens is 457 g/mol. The van der Waals surface area contributed by atoms with Crippen molar-refractivity contribution in [2.45, 2.75) is 25.5 Å². The summed E-state index contributed by atoms with van der Waals surface area (Å²) < 4.78 is 27.7. The van der Waals surface area contributed by atoms with E-state index >= 15 is 0 Å². The lowest BCUT2D eigenvalue weighted by Crippen LogP contribution is -2.39. The summed E-state index contributed by atoms with van der Waals surface area (Å²) in [7, 11) is 4.66. The Labute approximate surface area is 198 Å². The number of benzene rings is 2. The van der Waals surface area contributed by atoms with E-state index in [0.717, 1.165) is 18.4 Å². The van der Waals surface area contributed by atoms with Crippen molar-refractivity contribution in [3.8, 4) is 23.0 Å². The Bertz CT molecular complexity index is 908. The van der Waals surface area contributed by atoms with Gasteiger partial charge < -0.3 is 28.6 Å². The lowest BCUT2D eigenvalue weighted by molar-refractivity contribution is -0.135. The molecule has 7 nitrogen and oxygen atoms in total. The number of rotatable bonds is 10. The predicted octanol–water partition coefficient (Wildman–Crippen LogP) is 4.61. The predicted molar refractivity (Wildman–Crippen MR) is 122 cm³/mol. The van der Waals surface area contributed by atoms with Gasteiger partial charge in [0.1, 0.15) is 5.75 Å². The molecule has 0 spiro atoms. The molecule has 1 fully saturated rings. The van der Waals surface area contributed by atoms with Gasteiger partial charge in [-0.25, -0.2) is 0 Å². The Kier molecular flexibility index (Phi) is 8.73. The minimum atomic E-state index is -0.194. The first-order valence-electron chi connectivity index (χ1n) is 10.2. The minimum Gasteiger partial charge on any atom is -0.493 e. The van der Waals surface area contributed by atoms with Gasteiger partial charge in [-0.15, -0.1) is 0 Å². The highest BCUT2D eigenvalue weighted by molar-refractivity contribution is 6.35. The Morgan fingerprint density at radius 3 is 2.34 bits per heavy atom. The number of methoxy groups -OCH3 is 3. The number of halogens is 2. The number of amides is 1. The van der Waals surface area contributed by atoms with Crippen LogP contribution in [-0.4, -0.2) is 58.0 Å². The SMILES string of the molecule is COc1cc(CN(C[C@@H]2CCCO2)C(=O)COc2ccc(Cl)cc2Cl)cc(OC)c1OC. The molecule has 0 bridgehead atoms. The molecule has 0 aliphatic carbocycles. The quantitative estimate of drug-likeness (QED) is 0.491. The summed E-state index contributed by atoms with van der Waals surface area (Å²) in [6.45, 7) is 1.31. The Morgan fingerprint density at radius 2 is 1.78 bits per heavy atom. The maximum atomic E-state index is 13.1. The number of carbonyl (C=O) groups excluding carboxylic acids is 1. The maximum absolute atomic E-state index is 13.1. The molecule has 0 radical (unpaired) electrons. The van der Waals surface area contributed by atoms with Gasteiger partial charge in [-0.05, 0) is 48.7 Å². The molecule has 1 aliphatic heterocycles. The summed E-state index contributed by atoms with van der Waals surface area (Å²) in [5.74, 6) is 1.75. The number of hydrogen-bond donors (Lipinski definition) is 0. The van der Waals surface area contributed by atoms with Crippen LogP contribution in [0, 0.1) is 0 Å². The van der Waals surface area contributed by atoms with Crippen molar-refractivity contribution in [1.82, 2.24) is 4.90 Å². The summed E-state index contributed by atoms with van der Waals surface area (Å²) in [6.07, 6.45) is 1.87.